The number of rotatable bonds is 8. The molecular weight excluding hydrogens is 410 g/mol. The summed E-state index contributed by atoms with van der Waals surface area (Å²) < 4.78 is 5.91. The molecule has 33 heavy (non-hydrogen) atoms. The Labute approximate surface area is 193 Å². The Morgan fingerprint density at radius 2 is 1.03 bits per heavy atom. The number of esters is 1. The van der Waals surface area contributed by atoms with Crippen molar-refractivity contribution in [1.82, 2.24) is 5.32 Å². The number of carbonyl (C=O) groups excluding carboxylic acids is 2. The largest absolute Gasteiger partial charge is 0.447 e. The van der Waals surface area contributed by atoms with E-state index in [0.717, 1.165) is 16.7 Å². The van der Waals surface area contributed by atoms with Crippen molar-refractivity contribution in [2.45, 2.75) is 18.6 Å². The van der Waals surface area contributed by atoms with E-state index in [1.54, 1.807) is 12.1 Å². The van der Waals surface area contributed by atoms with Crippen molar-refractivity contribution < 1.29 is 14.3 Å². The van der Waals surface area contributed by atoms with Crippen molar-refractivity contribution in [3.63, 3.8) is 0 Å². The number of hydrogen-bond donors (Lipinski definition) is 1. The monoisotopic (exact) mass is 435 g/mol. The van der Waals surface area contributed by atoms with Gasteiger partial charge in [-0.25, -0.2) is 0 Å². The molecule has 164 valence electrons. The predicted molar refractivity (Wildman–Crippen MR) is 128 cm³/mol. The van der Waals surface area contributed by atoms with Gasteiger partial charge in [-0.05, 0) is 16.7 Å². The van der Waals surface area contributed by atoms with E-state index in [1.807, 2.05) is 109 Å². The topological polar surface area (TPSA) is 55.4 Å². The highest BCUT2D eigenvalue weighted by atomic mass is 16.5. The second kappa shape index (κ2) is 10.9. The van der Waals surface area contributed by atoms with Crippen molar-refractivity contribution in [3.8, 4) is 0 Å². The average Bonchev–Trinajstić information content (AvgIpc) is 2.88. The van der Waals surface area contributed by atoms with Crippen LogP contribution in [0.15, 0.2) is 121 Å². The third-order valence-electron chi connectivity index (χ3n) is 5.39. The molecule has 0 fully saturated rings. The van der Waals surface area contributed by atoms with Gasteiger partial charge in [0.2, 0.25) is 6.10 Å². The van der Waals surface area contributed by atoms with Crippen LogP contribution >= 0.6 is 0 Å². The van der Waals surface area contributed by atoms with Crippen LogP contribution in [0.5, 0.6) is 0 Å². The number of nitrogens with one attached hydrogen (secondary N) is 1. The second-order valence-corrected chi connectivity index (χ2v) is 7.69. The van der Waals surface area contributed by atoms with E-state index in [4.69, 9.17) is 4.74 Å². The first-order chi connectivity index (χ1) is 16.2. The van der Waals surface area contributed by atoms with Gasteiger partial charge in [0, 0.05) is 12.1 Å². The summed E-state index contributed by atoms with van der Waals surface area (Å²) >= 11 is 0. The number of hydrogen-bond acceptors (Lipinski definition) is 3. The van der Waals surface area contributed by atoms with E-state index in [1.165, 1.54) is 0 Å². The summed E-state index contributed by atoms with van der Waals surface area (Å²) in [7, 11) is 0. The average molecular weight is 436 g/mol. The van der Waals surface area contributed by atoms with Gasteiger partial charge in [0.05, 0.1) is 0 Å². The van der Waals surface area contributed by atoms with Gasteiger partial charge in [0.25, 0.3) is 5.91 Å². The number of benzene rings is 4. The molecule has 4 aromatic carbocycles. The molecule has 1 N–H and O–H groups in total. The molecule has 0 aliphatic rings. The summed E-state index contributed by atoms with van der Waals surface area (Å²) in [6.45, 7) is 0.349. The summed E-state index contributed by atoms with van der Waals surface area (Å²) in [6, 6.07) is 37.7. The number of ether oxygens (including phenoxy) is 1. The minimum absolute atomic E-state index is 0.349. The van der Waals surface area contributed by atoms with Crippen molar-refractivity contribution in [1.29, 1.82) is 0 Å². The zero-order chi connectivity index (χ0) is 22.9. The summed E-state index contributed by atoms with van der Waals surface area (Å²) in [5, 5.41) is 2.91. The predicted octanol–water partition coefficient (Wildman–Crippen LogP) is 5.42. The standard InChI is InChI=1S/C29H25NO3/c31-28(30-21-22-13-5-1-6-14-22)27(25-19-11-4-12-20-25)33-29(32)26(23-15-7-2-8-16-23)24-17-9-3-10-18-24/h1-20,26-27H,21H2,(H,30,31). The highest BCUT2D eigenvalue weighted by Crippen LogP contribution is 2.29. The minimum Gasteiger partial charge on any atom is -0.447 e. The SMILES string of the molecule is O=C(NCc1ccccc1)C(OC(=O)C(c1ccccc1)c1ccccc1)c1ccccc1. The third kappa shape index (κ3) is 5.74. The first kappa shape index (κ1) is 22.0. The van der Waals surface area contributed by atoms with Gasteiger partial charge >= 0.3 is 5.97 Å². The van der Waals surface area contributed by atoms with E-state index in [-0.39, 0.29) is 5.91 Å². The first-order valence-corrected chi connectivity index (χ1v) is 10.9. The molecule has 0 bridgehead atoms. The van der Waals surface area contributed by atoms with Crippen LogP contribution < -0.4 is 5.32 Å². The van der Waals surface area contributed by atoms with Crippen molar-refractivity contribution >= 4 is 11.9 Å². The molecule has 0 aromatic heterocycles. The lowest BCUT2D eigenvalue weighted by molar-refractivity contribution is -0.157. The summed E-state index contributed by atoms with van der Waals surface area (Å²) in [5.41, 5.74) is 3.21. The van der Waals surface area contributed by atoms with Gasteiger partial charge in [-0.3, -0.25) is 9.59 Å². The molecule has 4 aromatic rings. The summed E-state index contributed by atoms with van der Waals surface area (Å²) in [5.74, 6) is -1.48. The Morgan fingerprint density at radius 1 is 0.606 bits per heavy atom. The van der Waals surface area contributed by atoms with Crippen LogP contribution in [-0.4, -0.2) is 11.9 Å². The lowest BCUT2D eigenvalue weighted by Crippen LogP contribution is -2.33. The molecule has 0 spiro atoms. The number of carbonyl (C=O) groups is 2. The zero-order valence-corrected chi connectivity index (χ0v) is 18.1. The minimum atomic E-state index is -1.06. The Morgan fingerprint density at radius 3 is 1.52 bits per heavy atom. The van der Waals surface area contributed by atoms with E-state index >= 15 is 0 Å². The smallest absolute Gasteiger partial charge is 0.319 e. The van der Waals surface area contributed by atoms with Gasteiger partial charge in [0.1, 0.15) is 5.92 Å². The van der Waals surface area contributed by atoms with Crippen molar-refractivity contribution in [3.05, 3.63) is 144 Å². The van der Waals surface area contributed by atoms with Gasteiger partial charge in [-0.2, -0.15) is 0 Å². The van der Waals surface area contributed by atoms with Crippen LogP contribution in [0.4, 0.5) is 0 Å². The van der Waals surface area contributed by atoms with Gasteiger partial charge in [-0.1, -0.05) is 121 Å². The molecule has 0 heterocycles. The van der Waals surface area contributed by atoms with Crippen LogP contribution in [0.1, 0.15) is 34.3 Å². The molecule has 0 radical (unpaired) electrons. The fraction of sp³-hybridized carbons (Fsp3) is 0.103. The highest BCUT2D eigenvalue weighted by molar-refractivity contribution is 5.88. The van der Waals surface area contributed by atoms with E-state index < -0.39 is 18.0 Å². The van der Waals surface area contributed by atoms with Gasteiger partial charge in [0.15, 0.2) is 0 Å². The molecule has 1 unspecified atom stereocenters. The quantitative estimate of drug-likeness (QED) is 0.376. The molecule has 1 atom stereocenters. The number of amides is 1. The van der Waals surface area contributed by atoms with Crippen molar-refractivity contribution in [2.24, 2.45) is 0 Å². The van der Waals surface area contributed by atoms with Crippen LogP contribution in [0, 0.1) is 0 Å². The van der Waals surface area contributed by atoms with E-state index in [9.17, 15) is 9.59 Å². The maximum atomic E-state index is 13.5. The maximum absolute atomic E-state index is 13.5. The molecule has 4 rings (SSSR count). The Kier molecular flexibility index (Phi) is 7.29. The lowest BCUT2D eigenvalue weighted by atomic mass is 9.91. The highest BCUT2D eigenvalue weighted by Gasteiger charge is 2.31. The van der Waals surface area contributed by atoms with Crippen LogP contribution in [0.3, 0.4) is 0 Å². The normalized spacial score (nSPS) is 11.5. The Hall–Kier alpha value is -4.18. The Balaban J connectivity index is 1.60. The molecule has 0 aliphatic heterocycles. The van der Waals surface area contributed by atoms with E-state index in [0.29, 0.717) is 12.1 Å². The van der Waals surface area contributed by atoms with Crippen molar-refractivity contribution in [2.75, 3.05) is 0 Å². The fourth-order valence-electron chi connectivity index (χ4n) is 3.72. The molecule has 0 saturated carbocycles. The van der Waals surface area contributed by atoms with Crippen LogP contribution in [0.2, 0.25) is 0 Å². The van der Waals surface area contributed by atoms with Gasteiger partial charge in [-0.15, -0.1) is 0 Å². The van der Waals surface area contributed by atoms with E-state index in [2.05, 4.69) is 5.32 Å². The fourth-order valence-corrected chi connectivity index (χ4v) is 3.72. The molecule has 4 heteroatoms. The van der Waals surface area contributed by atoms with Crippen LogP contribution in [-0.2, 0) is 20.9 Å². The van der Waals surface area contributed by atoms with Gasteiger partial charge < -0.3 is 10.1 Å². The second-order valence-electron chi connectivity index (χ2n) is 7.69. The molecule has 0 aliphatic carbocycles. The zero-order valence-electron chi connectivity index (χ0n) is 18.1. The summed E-state index contributed by atoms with van der Waals surface area (Å²) in [6.07, 6.45) is -1.06. The first-order valence-electron chi connectivity index (χ1n) is 10.9. The van der Waals surface area contributed by atoms with Crippen LogP contribution in [0.25, 0.3) is 0 Å². The molecule has 0 saturated heterocycles. The molecular formula is C29H25NO3. The Bertz CT molecular complexity index is 1120. The maximum Gasteiger partial charge on any atom is 0.319 e. The third-order valence-corrected chi connectivity index (χ3v) is 5.39. The molecule has 4 nitrogen and oxygen atoms in total. The lowest BCUT2D eigenvalue weighted by Gasteiger charge is -2.22. The summed E-state index contributed by atoms with van der Waals surface area (Å²) in [4.78, 5) is 26.7. The molecule has 1 amide bonds.